The van der Waals surface area contributed by atoms with Crippen LogP contribution < -0.4 is 14.8 Å². The molecule has 5 aromatic rings. The lowest BCUT2D eigenvalue weighted by Gasteiger charge is -2.08. The van der Waals surface area contributed by atoms with E-state index in [0.29, 0.717) is 29.0 Å². The lowest BCUT2D eigenvalue weighted by Crippen LogP contribution is -2.18. The summed E-state index contributed by atoms with van der Waals surface area (Å²) in [7, 11) is 0. The van der Waals surface area contributed by atoms with Crippen LogP contribution in [0.25, 0.3) is 33.8 Å². The highest BCUT2D eigenvalue weighted by Crippen LogP contribution is 2.34. The normalized spacial score (nSPS) is 12.2. The maximum Gasteiger partial charge on any atom is 0.250 e. The third kappa shape index (κ3) is 3.57. The molecule has 1 aliphatic rings. The first-order valence-electron chi connectivity index (χ1n) is 10.4. The summed E-state index contributed by atoms with van der Waals surface area (Å²) in [4.78, 5) is 12.8. The first kappa shape index (κ1) is 19.1. The van der Waals surface area contributed by atoms with Gasteiger partial charge in [-0.25, -0.2) is 0 Å². The zero-order valence-electron chi connectivity index (χ0n) is 17.4. The molecular weight excluding hydrogens is 420 g/mol. The standard InChI is InChI=1S/C25H18N4O4/c30-23(26-17-10-11-21-22(12-17)32-15-31-21)14-29-13-19(18-8-4-5-9-20(18)29)25-28-27-24(33-25)16-6-2-1-3-7-16/h1-13H,14-15H2,(H,26,30). The molecule has 0 aliphatic carbocycles. The fourth-order valence-corrected chi connectivity index (χ4v) is 3.91. The van der Waals surface area contributed by atoms with Gasteiger partial charge in [-0.1, -0.05) is 36.4 Å². The molecule has 2 aromatic heterocycles. The molecule has 0 spiro atoms. The molecule has 0 bridgehead atoms. The highest BCUT2D eigenvalue weighted by Gasteiger charge is 2.18. The first-order valence-corrected chi connectivity index (χ1v) is 10.4. The third-order valence-corrected chi connectivity index (χ3v) is 5.44. The number of benzene rings is 3. The van der Waals surface area contributed by atoms with Crippen molar-refractivity contribution in [3.63, 3.8) is 0 Å². The maximum atomic E-state index is 12.8. The van der Waals surface area contributed by atoms with Gasteiger partial charge in [0.25, 0.3) is 0 Å². The summed E-state index contributed by atoms with van der Waals surface area (Å²) in [6.07, 6.45) is 1.87. The highest BCUT2D eigenvalue weighted by atomic mass is 16.7. The Morgan fingerprint density at radius 1 is 0.909 bits per heavy atom. The van der Waals surface area contributed by atoms with Gasteiger partial charge in [-0.2, -0.15) is 0 Å². The van der Waals surface area contributed by atoms with E-state index in [2.05, 4.69) is 15.5 Å². The minimum atomic E-state index is -0.170. The number of fused-ring (bicyclic) bond motifs is 2. The van der Waals surface area contributed by atoms with Crippen LogP contribution in [0, 0.1) is 0 Å². The molecule has 8 heteroatoms. The lowest BCUT2D eigenvalue weighted by molar-refractivity contribution is -0.116. The molecule has 0 atom stereocenters. The molecule has 6 rings (SSSR count). The van der Waals surface area contributed by atoms with Crippen molar-refractivity contribution in [1.82, 2.24) is 14.8 Å². The summed E-state index contributed by atoms with van der Waals surface area (Å²) < 4.78 is 18.5. The van der Waals surface area contributed by atoms with Gasteiger partial charge in [-0.05, 0) is 30.3 Å². The largest absolute Gasteiger partial charge is 0.454 e. The van der Waals surface area contributed by atoms with Crippen LogP contribution in [0.4, 0.5) is 5.69 Å². The van der Waals surface area contributed by atoms with Crippen LogP contribution in [-0.4, -0.2) is 27.5 Å². The van der Waals surface area contributed by atoms with E-state index in [1.165, 1.54) is 0 Å². The monoisotopic (exact) mass is 438 g/mol. The van der Waals surface area contributed by atoms with Crippen LogP contribution in [0.5, 0.6) is 11.5 Å². The highest BCUT2D eigenvalue weighted by molar-refractivity contribution is 5.96. The number of carbonyl (C=O) groups excluding carboxylic acids is 1. The molecule has 1 aliphatic heterocycles. The first-order chi connectivity index (χ1) is 16.2. The summed E-state index contributed by atoms with van der Waals surface area (Å²) in [5.41, 5.74) is 3.16. The molecule has 0 unspecified atom stereocenters. The van der Waals surface area contributed by atoms with E-state index in [9.17, 15) is 4.79 Å². The van der Waals surface area contributed by atoms with Gasteiger partial charge < -0.3 is 23.8 Å². The smallest absolute Gasteiger partial charge is 0.250 e. The second-order valence-electron chi connectivity index (χ2n) is 7.58. The van der Waals surface area contributed by atoms with E-state index >= 15 is 0 Å². The fraction of sp³-hybridized carbons (Fsp3) is 0.0800. The Hall–Kier alpha value is -4.59. The zero-order valence-corrected chi connectivity index (χ0v) is 17.4. The summed E-state index contributed by atoms with van der Waals surface area (Å²) in [5, 5.41) is 12.3. The van der Waals surface area contributed by atoms with Crippen molar-refractivity contribution in [2.75, 3.05) is 12.1 Å². The number of aromatic nitrogens is 3. The molecule has 33 heavy (non-hydrogen) atoms. The Balaban J connectivity index is 1.29. The summed E-state index contributed by atoms with van der Waals surface area (Å²) >= 11 is 0. The summed E-state index contributed by atoms with van der Waals surface area (Å²) in [5.74, 6) is 1.97. The second kappa shape index (κ2) is 7.83. The molecule has 0 saturated heterocycles. The number of para-hydroxylation sites is 1. The van der Waals surface area contributed by atoms with E-state index in [4.69, 9.17) is 13.9 Å². The molecule has 8 nitrogen and oxygen atoms in total. The van der Waals surface area contributed by atoms with Crippen molar-refractivity contribution >= 4 is 22.5 Å². The van der Waals surface area contributed by atoms with Gasteiger partial charge in [0.15, 0.2) is 11.5 Å². The number of hydrogen-bond donors (Lipinski definition) is 1. The maximum absolute atomic E-state index is 12.8. The van der Waals surface area contributed by atoms with Crippen LogP contribution in [-0.2, 0) is 11.3 Å². The van der Waals surface area contributed by atoms with Gasteiger partial charge in [-0.3, -0.25) is 4.79 Å². The van der Waals surface area contributed by atoms with E-state index < -0.39 is 0 Å². The summed E-state index contributed by atoms with van der Waals surface area (Å²) in [6, 6.07) is 22.7. The zero-order chi connectivity index (χ0) is 22.2. The van der Waals surface area contributed by atoms with Crippen LogP contribution >= 0.6 is 0 Å². The average molecular weight is 438 g/mol. The SMILES string of the molecule is O=C(Cn1cc(-c2nnc(-c3ccccc3)o2)c2ccccc21)Nc1ccc2c(c1)OCO2. The van der Waals surface area contributed by atoms with Crippen LogP contribution in [0.1, 0.15) is 0 Å². The van der Waals surface area contributed by atoms with Crippen molar-refractivity contribution in [2.45, 2.75) is 6.54 Å². The quantitative estimate of drug-likeness (QED) is 0.427. The van der Waals surface area contributed by atoms with E-state index in [1.54, 1.807) is 18.2 Å². The molecule has 0 saturated carbocycles. The van der Waals surface area contributed by atoms with Gasteiger partial charge in [0, 0.05) is 34.4 Å². The molecule has 3 aromatic carbocycles. The van der Waals surface area contributed by atoms with E-state index in [-0.39, 0.29) is 19.2 Å². The van der Waals surface area contributed by atoms with Gasteiger partial charge in [0.05, 0.1) is 5.56 Å². The Morgan fingerprint density at radius 3 is 2.61 bits per heavy atom. The molecule has 162 valence electrons. The van der Waals surface area contributed by atoms with E-state index in [1.807, 2.05) is 65.4 Å². The predicted octanol–water partition coefficient (Wildman–Crippen LogP) is 4.73. The Labute approximate surface area is 188 Å². The molecule has 0 radical (unpaired) electrons. The minimum absolute atomic E-state index is 0.120. The molecule has 1 amide bonds. The third-order valence-electron chi connectivity index (χ3n) is 5.44. The van der Waals surface area contributed by atoms with Crippen molar-refractivity contribution in [3.05, 3.63) is 79.0 Å². The number of nitrogens with one attached hydrogen (secondary N) is 1. The number of ether oxygens (including phenoxy) is 2. The van der Waals surface area contributed by atoms with Crippen LogP contribution in [0.3, 0.4) is 0 Å². The number of carbonyl (C=O) groups is 1. The second-order valence-corrected chi connectivity index (χ2v) is 7.58. The molecule has 3 heterocycles. The Morgan fingerprint density at radius 2 is 1.70 bits per heavy atom. The van der Waals surface area contributed by atoms with Gasteiger partial charge in [0.1, 0.15) is 6.54 Å². The van der Waals surface area contributed by atoms with Gasteiger partial charge >= 0.3 is 0 Å². The number of anilines is 1. The molecule has 1 N–H and O–H groups in total. The number of nitrogens with zero attached hydrogens (tertiary/aromatic N) is 3. The van der Waals surface area contributed by atoms with Crippen LogP contribution in [0.15, 0.2) is 83.4 Å². The summed E-state index contributed by atoms with van der Waals surface area (Å²) in [6.45, 7) is 0.307. The van der Waals surface area contributed by atoms with Crippen molar-refractivity contribution in [1.29, 1.82) is 0 Å². The average Bonchev–Trinajstić information content (AvgIpc) is 3.58. The fourth-order valence-electron chi connectivity index (χ4n) is 3.91. The topological polar surface area (TPSA) is 91.4 Å². The molecule has 0 fully saturated rings. The lowest BCUT2D eigenvalue weighted by atomic mass is 10.2. The predicted molar refractivity (Wildman–Crippen MR) is 122 cm³/mol. The van der Waals surface area contributed by atoms with Crippen molar-refractivity contribution in [2.24, 2.45) is 0 Å². The molecular formula is C25H18N4O4. The van der Waals surface area contributed by atoms with Crippen molar-refractivity contribution in [3.8, 4) is 34.4 Å². The number of amides is 1. The minimum Gasteiger partial charge on any atom is -0.454 e. The Kier molecular flexibility index (Phi) is 4.54. The Bertz CT molecular complexity index is 1470. The number of rotatable bonds is 5. The van der Waals surface area contributed by atoms with Crippen molar-refractivity contribution < 1.29 is 18.7 Å². The van der Waals surface area contributed by atoms with Crippen LogP contribution in [0.2, 0.25) is 0 Å². The van der Waals surface area contributed by atoms with Gasteiger partial charge in [0.2, 0.25) is 24.5 Å². The number of hydrogen-bond acceptors (Lipinski definition) is 6. The van der Waals surface area contributed by atoms with Gasteiger partial charge in [-0.15, -0.1) is 10.2 Å². The van der Waals surface area contributed by atoms with E-state index in [0.717, 1.165) is 22.0 Å².